The molecule has 1 aromatic carbocycles. The molecule has 18 heavy (non-hydrogen) atoms. The fraction of sp³-hybridized carbons (Fsp3) is 0.385. The Morgan fingerprint density at radius 3 is 2.44 bits per heavy atom. The van der Waals surface area contributed by atoms with Crippen molar-refractivity contribution in [2.24, 2.45) is 0 Å². The van der Waals surface area contributed by atoms with Crippen molar-refractivity contribution >= 4 is 11.9 Å². The van der Waals surface area contributed by atoms with E-state index in [1.54, 1.807) is 0 Å². The summed E-state index contributed by atoms with van der Waals surface area (Å²) in [5.74, 6) is -0.315. The van der Waals surface area contributed by atoms with Crippen molar-refractivity contribution in [1.82, 2.24) is 9.96 Å². The molecule has 1 saturated heterocycles. The molecule has 5 heteroatoms. The molecule has 1 aliphatic heterocycles. The van der Waals surface area contributed by atoms with Crippen molar-refractivity contribution in [3.8, 4) is 0 Å². The minimum atomic E-state index is -0.383. The van der Waals surface area contributed by atoms with Gasteiger partial charge in [0.05, 0.1) is 0 Å². The summed E-state index contributed by atoms with van der Waals surface area (Å²) in [7, 11) is 0. The molecule has 0 aromatic heterocycles. The van der Waals surface area contributed by atoms with Crippen molar-refractivity contribution in [2.75, 3.05) is 6.54 Å². The first kappa shape index (κ1) is 12.6. The average molecular weight is 248 g/mol. The summed E-state index contributed by atoms with van der Waals surface area (Å²) in [5, 5.41) is 0.854. The monoisotopic (exact) mass is 248 g/mol. The van der Waals surface area contributed by atoms with Crippen molar-refractivity contribution in [1.29, 1.82) is 0 Å². The molecule has 0 unspecified atom stereocenters. The lowest BCUT2D eigenvalue weighted by molar-refractivity contribution is -0.165. The third-order valence-corrected chi connectivity index (χ3v) is 2.78. The van der Waals surface area contributed by atoms with Gasteiger partial charge in [0.25, 0.3) is 5.91 Å². The van der Waals surface area contributed by atoms with E-state index in [9.17, 15) is 9.59 Å². The molecule has 0 saturated carbocycles. The summed E-state index contributed by atoms with van der Waals surface area (Å²) in [4.78, 5) is 30.3. The molecule has 1 aromatic rings. The normalized spacial score (nSPS) is 15.9. The number of rotatable bonds is 4. The molecule has 5 nitrogen and oxygen atoms in total. The van der Waals surface area contributed by atoms with Crippen molar-refractivity contribution < 1.29 is 14.4 Å². The van der Waals surface area contributed by atoms with Crippen LogP contribution in [0.15, 0.2) is 30.3 Å². The van der Waals surface area contributed by atoms with Gasteiger partial charge < -0.3 is 4.90 Å². The predicted octanol–water partition coefficient (Wildman–Crippen LogP) is 1.79. The molecule has 1 fully saturated rings. The van der Waals surface area contributed by atoms with E-state index in [1.165, 1.54) is 4.90 Å². The van der Waals surface area contributed by atoms with Gasteiger partial charge in [-0.25, -0.2) is 4.79 Å². The Labute approximate surface area is 106 Å². The van der Waals surface area contributed by atoms with Crippen molar-refractivity contribution in [2.45, 2.75) is 26.5 Å². The number of hydrogen-bond donors (Lipinski definition) is 0. The van der Waals surface area contributed by atoms with Crippen LogP contribution in [0.2, 0.25) is 0 Å². The molecule has 0 bridgehead atoms. The molecule has 0 radical (unpaired) electrons. The zero-order valence-corrected chi connectivity index (χ0v) is 10.5. The van der Waals surface area contributed by atoms with E-state index in [0.717, 1.165) is 10.6 Å². The van der Waals surface area contributed by atoms with Crippen molar-refractivity contribution in [3.63, 3.8) is 0 Å². The molecule has 1 heterocycles. The molecular weight excluding hydrogens is 232 g/mol. The van der Waals surface area contributed by atoms with Gasteiger partial charge in [-0.2, -0.15) is 0 Å². The van der Waals surface area contributed by atoms with E-state index in [2.05, 4.69) is 0 Å². The Kier molecular flexibility index (Phi) is 3.62. The Morgan fingerprint density at radius 1 is 1.22 bits per heavy atom. The van der Waals surface area contributed by atoms with E-state index >= 15 is 0 Å². The Bertz CT molecular complexity index is 445. The minimum Gasteiger partial charge on any atom is -0.311 e. The molecule has 2 rings (SSSR count). The highest BCUT2D eigenvalue weighted by molar-refractivity contribution is 6.00. The largest absolute Gasteiger partial charge is 0.352 e. The van der Waals surface area contributed by atoms with Crippen LogP contribution in [-0.4, -0.2) is 34.5 Å². The number of nitrogens with zero attached hydrogens (tertiary/aromatic N) is 2. The molecule has 0 spiro atoms. The van der Waals surface area contributed by atoms with Crippen LogP contribution in [0.3, 0.4) is 0 Å². The third-order valence-electron chi connectivity index (χ3n) is 2.78. The van der Waals surface area contributed by atoms with Gasteiger partial charge in [-0.15, -0.1) is 5.06 Å². The van der Waals surface area contributed by atoms with Crippen LogP contribution in [0.25, 0.3) is 0 Å². The minimum absolute atomic E-state index is 0.00762. The van der Waals surface area contributed by atoms with Crippen LogP contribution in [-0.2, 0) is 16.2 Å². The standard InChI is InChI=1S/C13H16N2O3/c1-10(2)14-8-12(16)15(13(14)17)18-9-11-6-4-3-5-7-11/h3-7,10H,8-9H2,1-2H3. The molecular formula is C13H16N2O3. The second-order valence-corrected chi connectivity index (χ2v) is 4.45. The highest BCUT2D eigenvalue weighted by atomic mass is 16.7. The van der Waals surface area contributed by atoms with Gasteiger partial charge in [0.15, 0.2) is 0 Å². The van der Waals surface area contributed by atoms with E-state index < -0.39 is 0 Å². The summed E-state index contributed by atoms with van der Waals surface area (Å²) in [6.45, 7) is 4.04. The Hall–Kier alpha value is -1.88. The Morgan fingerprint density at radius 2 is 1.89 bits per heavy atom. The summed E-state index contributed by atoms with van der Waals surface area (Å²) >= 11 is 0. The number of carbonyl (C=O) groups is 2. The first-order chi connectivity index (χ1) is 8.59. The summed E-state index contributed by atoms with van der Waals surface area (Å²) in [6, 6.07) is 9.03. The van der Waals surface area contributed by atoms with Crippen LogP contribution in [0.4, 0.5) is 4.79 Å². The number of hydrogen-bond acceptors (Lipinski definition) is 3. The number of carbonyl (C=O) groups excluding carboxylic acids is 2. The zero-order valence-electron chi connectivity index (χ0n) is 10.5. The number of amides is 3. The molecule has 96 valence electrons. The van der Waals surface area contributed by atoms with E-state index in [0.29, 0.717) is 0 Å². The summed E-state index contributed by atoms with van der Waals surface area (Å²) in [5.41, 5.74) is 0.918. The maximum atomic E-state index is 11.9. The quantitative estimate of drug-likeness (QED) is 0.763. The molecule has 0 atom stereocenters. The molecule has 0 N–H and O–H groups in total. The van der Waals surface area contributed by atoms with E-state index in [-0.39, 0.29) is 31.1 Å². The molecule has 0 aliphatic carbocycles. The van der Waals surface area contributed by atoms with Gasteiger partial charge in [0.2, 0.25) is 0 Å². The number of benzene rings is 1. The first-order valence-corrected chi connectivity index (χ1v) is 5.90. The topological polar surface area (TPSA) is 49.9 Å². The lowest BCUT2D eigenvalue weighted by Gasteiger charge is -2.19. The van der Waals surface area contributed by atoms with Gasteiger partial charge >= 0.3 is 6.03 Å². The van der Waals surface area contributed by atoms with Gasteiger partial charge in [0, 0.05) is 6.04 Å². The SMILES string of the molecule is CC(C)N1CC(=O)N(OCc2ccccc2)C1=O. The van der Waals surface area contributed by atoms with Crippen LogP contribution < -0.4 is 0 Å². The third kappa shape index (κ3) is 2.51. The first-order valence-electron chi connectivity index (χ1n) is 5.90. The van der Waals surface area contributed by atoms with Crippen LogP contribution >= 0.6 is 0 Å². The second kappa shape index (κ2) is 5.18. The number of urea groups is 1. The lowest BCUT2D eigenvalue weighted by Crippen LogP contribution is -2.36. The Balaban J connectivity index is 1.98. The van der Waals surface area contributed by atoms with Crippen molar-refractivity contribution in [3.05, 3.63) is 35.9 Å². The predicted molar refractivity (Wildman–Crippen MR) is 65.3 cm³/mol. The van der Waals surface area contributed by atoms with Crippen LogP contribution in [0, 0.1) is 0 Å². The highest BCUT2D eigenvalue weighted by Crippen LogP contribution is 2.15. The van der Waals surface area contributed by atoms with Gasteiger partial charge in [-0.3, -0.25) is 9.63 Å². The van der Waals surface area contributed by atoms with Gasteiger partial charge in [-0.1, -0.05) is 30.3 Å². The fourth-order valence-corrected chi connectivity index (χ4v) is 1.74. The lowest BCUT2D eigenvalue weighted by atomic mass is 10.2. The number of imide groups is 1. The molecule has 3 amide bonds. The van der Waals surface area contributed by atoms with Gasteiger partial charge in [-0.05, 0) is 19.4 Å². The summed E-state index contributed by atoms with van der Waals surface area (Å²) in [6.07, 6.45) is 0. The number of hydroxylamine groups is 2. The van der Waals surface area contributed by atoms with Gasteiger partial charge in [0.1, 0.15) is 13.2 Å². The van der Waals surface area contributed by atoms with Crippen LogP contribution in [0.5, 0.6) is 0 Å². The smallest absolute Gasteiger partial charge is 0.311 e. The second-order valence-electron chi connectivity index (χ2n) is 4.45. The van der Waals surface area contributed by atoms with Crippen LogP contribution in [0.1, 0.15) is 19.4 Å². The average Bonchev–Trinajstić information content (AvgIpc) is 2.64. The van der Waals surface area contributed by atoms with E-state index in [1.807, 2.05) is 44.2 Å². The summed E-state index contributed by atoms with van der Waals surface area (Å²) < 4.78 is 0. The fourth-order valence-electron chi connectivity index (χ4n) is 1.74. The maximum Gasteiger partial charge on any atom is 0.352 e. The van der Waals surface area contributed by atoms with E-state index in [4.69, 9.17) is 4.84 Å². The zero-order chi connectivity index (χ0) is 13.1. The highest BCUT2D eigenvalue weighted by Gasteiger charge is 2.38. The molecule has 1 aliphatic rings. The maximum absolute atomic E-state index is 11.9.